The molecule has 0 spiro atoms. The lowest BCUT2D eigenvalue weighted by molar-refractivity contribution is 0.652. The van der Waals surface area contributed by atoms with E-state index in [4.69, 9.17) is 0 Å². The maximum Gasteiger partial charge on any atom is 0.120 e. The van der Waals surface area contributed by atoms with Crippen LogP contribution in [-0.2, 0) is 6.54 Å². The molecule has 0 bridgehead atoms. The van der Waals surface area contributed by atoms with E-state index in [1.807, 2.05) is 12.4 Å². The summed E-state index contributed by atoms with van der Waals surface area (Å²) < 4.78 is 0. The second-order valence-corrected chi connectivity index (χ2v) is 8.42. The number of nitrogens with one attached hydrogen (secondary N) is 4. The van der Waals surface area contributed by atoms with Gasteiger partial charge < -0.3 is 20.9 Å². The Bertz CT molecular complexity index is 1110. The molecular weight excluding hydrogens is 444 g/mol. The minimum absolute atomic E-state index is 0.763. The maximum atomic E-state index is 4.48. The summed E-state index contributed by atoms with van der Waals surface area (Å²) in [5.74, 6) is 0.963. The second-order valence-electron chi connectivity index (χ2n) is 8.42. The van der Waals surface area contributed by atoms with Crippen LogP contribution in [0.4, 0.5) is 0 Å². The number of terminal acetylenes is 1. The number of aromatic amines is 1. The lowest BCUT2D eigenvalue weighted by atomic mass is 9.97. The summed E-state index contributed by atoms with van der Waals surface area (Å²) in [4.78, 5) is 12.1. The number of aliphatic imine (C=N–C) groups is 1. The van der Waals surface area contributed by atoms with Crippen molar-refractivity contribution in [2.45, 2.75) is 40.2 Å². The molecule has 0 aliphatic heterocycles. The fourth-order valence-corrected chi connectivity index (χ4v) is 3.80. The van der Waals surface area contributed by atoms with Crippen LogP contribution in [0.1, 0.15) is 43.6 Å². The smallest absolute Gasteiger partial charge is 0.120 e. The van der Waals surface area contributed by atoms with E-state index in [1.165, 1.54) is 16.7 Å². The zero-order valence-corrected chi connectivity index (χ0v) is 21.9. The molecule has 0 aliphatic carbocycles. The van der Waals surface area contributed by atoms with Crippen molar-refractivity contribution < 1.29 is 0 Å². The predicted molar refractivity (Wildman–Crippen MR) is 155 cm³/mol. The monoisotopic (exact) mass is 484 g/mol. The Morgan fingerprint density at radius 3 is 2.28 bits per heavy atom. The quantitative estimate of drug-likeness (QED) is 0.141. The molecule has 0 fully saturated rings. The van der Waals surface area contributed by atoms with E-state index in [1.54, 1.807) is 0 Å². The van der Waals surface area contributed by atoms with Crippen LogP contribution >= 0.6 is 0 Å². The average Bonchev–Trinajstić information content (AvgIpc) is 3.39. The van der Waals surface area contributed by atoms with Gasteiger partial charge in [0.25, 0.3) is 0 Å². The molecule has 1 heterocycles. The average molecular weight is 485 g/mol. The topological polar surface area (TPSA) is 77.1 Å². The van der Waals surface area contributed by atoms with Crippen LogP contribution in [0.5, 0.6) is 0 Å². The Hall–Kier alpha value is -3.66. The van der Waals surface area contributed by atoms with Gasteiger partial charge in [0.15, 0.2) is 0 Å². The third-order valence-electron chi connectivity index (χ3n) is 5.66. The van der Waals surface area contributed by atoms with E-state index in [0.29, 0.717) is 0 Å². The summed E-state index contributed by atoms with van der Waals surface area (Å²) in [6.45, 7) is 14.8. The number of nitrogens with zero attached hydrogens (tertiary/aromatic N) is 2. The zero-order valence-electron chi connectivity index (χ0n) is 21.9. The highest BCUT2D eigenvalue weighted by Gasteiger charge is 2.08. The lowest BCUT2D eigenvalue weighted by Crippen LogP contribution is -2.25. The molecule has 190 valence electrons. The van der Waals surface area contributed by atoms with Crippen molar-refractivity contribution >= 4 is 12.4 Å². The van der Waals surface area contributed by atoms with Crippen molar-refractivity contribution in [1.29, 1.82) is 0 Å². The molecule has 3 aromatic rings. The fraction of sp³-hybridized carbons (Fsp3) is 0.333. The van der Waals surface area contributed by atoms with Gasteiger partial charge in [0.05, 0.1) is 24.1 Å². The van der Waals surface area contributed by atoms with E-state index in [9.17, 15) is 0 Å². The number of hydrogen-bond donors (Lipinski definition) is 4. The van der Waals surface area contributed by atoms with Gasteiger partial charge in [0, 0.05) is 24.9 Å². The Labute approximate surface area is 216 Å². The highest BCUT2D eigenvalue weighted by atomic mass is 15.0. The number of H-pyrrole nitrogens is 1. The maximum absolute atomic E-state index is 4.48. The van der Waals surface area contributed by atoms with Crippen molar-refractivity contribution in [3.8, 4) is 35.2 Å². The molecule has 0 saturated heterocycles. The standard InChI is InChI=1S/C28H38N6.C2H2/c1-5-13-30-15-16-32-18-27(29-4)25-12-11-24(17-21(25)3)22-7-9-23(10-8-22)26-19-33-28(34-26)20-31-14-6-2;1-2/h7-12,17-19,30-32H,4-6,13-16,20H2,1-3H3,(H,33,34);1-2H/b27-18-;. The predicted octanol–water partition coefficient (Wildman–Crippen LogP) is 5.39. The summed E-state index contributed by atoms with van der Waals surface area (Å²) in [5, 5.41) is 10.1. The third kappa shape index (κ3) is 8.53. The molecule has 0 radical (unpaired) electrons. The van der Waals surface area contributed by atoms with Crippen molar-refractivity contribution in [3.63, 3.8) is 0 Å². The van der Waals surface area contributed by atoms with Gasteiger partial charge in [-0.3, -0.25) is 4.99 Å². The largest absolute Gasteiger partial charge is 0.388 e. The van der Waals surface area contributed by atoms with E-state index < -0.39 is 0 Å². The molecule has 1 aromatic heterocycles. The Morgan fingerprint density at radius 1 is 0.944 bits per heavy atom. The Morgan fingerprint density at radius 2 is 1.61 bits per heavy atom. The number of aromatic nitrogens is 2. The molecule has 0 saturated carbocycles. The van der Waals surface area contributed by atoms with Gasteiger partial charge in [-0.1, -0.05) is 56.3 Å². The van der Waals surface area contributed by atoms with Gasteiger partial charge in [-0.2, -0.15) is 0 Å². The van der Waals surface area contributed by atoms with E-state index in [2.05, 4.69) is 114 Å². The Kier molecular flexibility index (Phi) is 12.8. The molecule has 0 aliphatic rings. The summed E-state index contributed by atoms with van der Waals surface area (Å²) in [6.07, 6.45) is 14.1. The van der Waals surface area contributed by atoms with Gasteiger partial charge in [-0.15, -0.1) is 12.8 Å². The minimum atomic E-state index is 0.763. The lowest BCUT2D eigenvalue weighted by Gasteiger charge is -2.11. The molecule has 0 unspecified atom stereocenters. The summed E-state index contributed by atoms with van der Waals surface area (Å²) in [6, 6.07) is 15.1. The molecule has 3 rings (SSSR count). The van der Waals surface area contributed by atoms with Crippen molar-refractivity contribution in [2.24, 2.45) is 4.99 Å². The molecule has 0 atom stereocenters. The summed E-state index contributed by atoms with van der Waals surface area (Å²) in [5.41, 5.74) is 7.65. The van der Waals surface area contributed by atoms with Gasteiger partial charge in [0.1, 0.15) is 5.82 Å². The minimum Gasteiger partial charge on any atom is -0.388 e. The highest BCUT2D eigenvalue weighted by molar-refractivity contribution is 5.75. The highest BCUT2D eigenvalue weighted by Crippen LogP contribution is 2.28. The first kappa shape index (κ1) is 28.6. The molecule has 0 amide bonds. The van der Waals surface area contributed by atoms with Gasteiger partial charge in [-0.25, -0.2) is 4.98 Å². The second kappa shape index (κ2) is 16.1. The molecule has 4 N–H and O–H groups in total. The van der Waals surface area contributed by atoms with Crippen molar-refractivity contribution in [2.75, 3.05) is 26.2 Å². The van der Waals surface area contributed by atoms with Gasteiger partial charge in [-0.05, 0) is 61.8 Å². The van der Waals surface area contributed by atoms with E-state index >= 15 is 0 Å². The normalized spacial score (nSPS) is 11.0. The van der Waals surface area contributed by atoms with Crippen LogP contribution in [0, 0.1) is 19.8 Å². The molecule has 2 aromatic carbocycles. The number of aryl methyl sites for hydroxylation is 1. The van der Waals surface area contributed by atoms with E-state index in [-0.39, 0.29) is 0 Å². The van der Waals surface area contributed by atoms with Crippen LogP contribution in [-0.4, -0.2) is 42.9 Å². The number of benzene rings is 2. The van der Waals surface area contributed by atoms with Crippen LogP contribution in [0.3, 0.4) is 0 Å². The zero-order chi connectivity index (χ0) is 26.2. The van der Waals surface area contributed by atoms with Gasteiger partial charge >= 0.3 is 0 Å². The SMILES string of the molecule is C#C.C=N/C(=C\NCCNCCC)c1ccc(-c2ccc(-c3cnc(CNCCC)[nH]3)cc2)cc1C. The molecular formula is C30H40N6. The first-order chi connectivity index (χ1) is 17.7. The Balaban J connectivity index is 0.00000222. The molecule has 6 heteroatoms. The van der Waals surface area contributed by atoms with Crippen LogP contribution in [0.15, 0.2) is 59.9 Å². The van der Waals surface area contributed by atoms with Crippen molar-refractivity contribution in [3.05, 3.63) is 71.8 Å². The number of rotatable bonds is 14. The molecule has 6 nitrogen and oxygen atoms in total. The van der Waals surface area contributed by atoms with E-state index in [0.717, 1.165) is 73.9 Å². The molecule has 36 heavy (non-hydrogen) atoms. The van der Waals surface area contributed by atoms with Crippen LogP contribution in [0.2, 0.25) is 0 Å². The van der Waals surface area contributed by atoms with Crippen LogP contribution < -0.4 is 16.0 Å². The first-order valence-electron chi connectivity index (χ1n) is 12.6. The van der Waals surface area contributed by atoms with Crippen molar-refractivity contribution in [1.82, 2.24) is 25.9 Å². The first-order valence-corrected chi connectivity index (χ1v) is 12.6. The number of hydrogen-bond acceptors (Lipinski definition) is 5. The summed E-state index contributed by atoms with van der Waals surface area (Å²) in [7, 11) is 0. The van der Waals surface area contributed by atoms with Crippen LogP contribution in [0.25, 0.3) is 28.1 Å². The number of imidazole rings is 1. The summed E-state index contributed by atoms with van der Waals surface area (Å²) >= 11 is 0. The third-order valence-corrected chi connectivity index (χ3v) is 5.66. The van der Waals surface area contributed by atoms with Gasteiger partial charge in [0.2, 0.25) is 0 Å². The fourth-order valence-electron chi connectivity index (χ4n) is 3.80.